The van der Waals surface area contributed by atoms with Gasteiger partial charge in [0.05, 0.1) is 7.11 Å². The summed E-state index contributed by atoms with van der Waals surface area (Å²) in [6, 6.07) is 11.6. The van der Waals surface area contributed by atoms with Crippen LogP contribution in [0, 0.1) is 5.82 Å². The molecule has 0 atom stereocenters. The monoisotopic (exact) mass is 421 g/mol. The minimum Gasteiger partial charge on any atom is -0.497 e. The van der Waals surface area contributed by atoms with Crippen LogP contribution in [0.3, 0.4) is 0 Å². The Morgan fingerprint density at radius 2 is 2.04 bits per heavy atom. The minimum atomic E-state index is -0.735. The molecule has 0 aliphatic rings. The van der Waals surface area contributed by atoms with Gasteiger partial charge in [0.1, 0.15) is 11.6 Å². The van der Waals surface area contributed by atoms with Crippen LogP contribution in [0.4, 0.5) is 4.39 Å². The molecular formula is C19H17BrFNO4. The summed E-state index contributed by atoms with van der Waals surface area (Å²) in [5.41, 5.74) is 1.09. The number of carbonyl (C=O) groups excluding carboxylic acids is 2. The van der Waals surface area contributed by atoms with Crippen molar-refractivity contribution in [1.29, 1.82) is 0 Å². The van der Waals surface area contributed by atoms with E-state index < -0.39 is 24.3 Å². The second kappa shape index (κ2) is 9.72. The standard InChI is InChI=1S/C19H17BrFNO4/c1-25-16-4-2-3-13(9-16)11-22-18(23)12-26-19(24)8-5-14-10-15(20)6-7-17(14)21/h2-10H,11-12H2,1H3,(H,22,23)/b8-5+. The highest BCUT2D eigenvalue weighted by Gasteiger charge is 2.06. The van der Waals surface area contributed by atoms with Crippen molar-refractivity contribution in [2.45, 2.75) is 6.54 Å². The number of halogens is 2. The zero-order valence-electron chi connectivity index (χ0n) is 14.0. The summed E-state index contributed by atoms with van der Waals surface area (Å²) in [6.07, 6.45) is 2.36. The van der Waals surface area contributed by atoms with E-state index in [4.69, 9.17) is 9.47 Å². The number of amides is 1. The first-order valence-corrected chi connectivity index (χ1v) is 8.47. The van der Waals surface area contributed by atoms with Crippen LogP contribution < -0.4 is 10.1 Å². The summed E-state index contributed by atoms with van der Waals surface area (Å²) in [4.78, 5) is 23.4. The number of hydrogen-bond acceptors (Lipinski definition) is 4. The van der Waals surface area contributed by atoms with Gasteiger partial charge in [0.15, 0.2) is 6.61 Å². The van der Waals surface area contributed by atoms with Gasteiger partial charge in [0, 0.05) is 22.7 Å². The molecule has 1 N–H and O–H groups in total. The zero-order valence-corrected chi connectivity index (χ0v) is 15.6. The van der Waals surface area contributed by atoms with E-state index >= 15 is 0 Å². The molecule has 0 saturated heterocycles. The highest BCUT2D eigenvalue weighted by atomic mass is 79.9. The van der Waals surface area contributed by atoms with E-state index in [1.807, 2.05) is 12.1 Å². The van der Waals surface area contributed by atoms with Crippen molar-refractivity contribution >= 4 is 33.9 Å². The summed E-state index contributed by atoms with van der Waals surface area (Å²) >= 11 is 3.22. The molecule has 0 saturated carbocycles. The Balaban J connectivity index is 1.78. The van der Waals surface area contributed by atoms with Gasteiger partial charge in [-0.05, 0) is 42.0 Å². The number of carbonyl (C=O) groups is 2. The Bertz CT molecular complexity index is 823. The molecule has 2 aromatic carbocycles. The van der Waals surface area contributed by atoms with E-state index in [9.17, 15) is 14.0 Å². The molecular weight excluding hydrogens is 405 g/mol. The highest BCUT2D eigenvalue weighted by molar-refractivity contribution is 9.10. The molecule has 26 heavy (non-hydrogen) atoms. The zero-order chi connectivity index (χ0) is 18.9. The molecule has 0 radical (unpaired) electrons. The average molecular weight is 422 g/mol. The molecule has 136 valence electrons. The van der Waals surface area contributed by atoms with Crippen LogP contribution in [0.2, 0.25) is 0 Å². The maximum Gasteiger partial charge on any atom is 0.331 e. The number of nitrogens with one attached hydrogen (secondary N) is 1. The number of esters is 1. The lowest BCUT2D eigenvalue weighted by atomic mass is 10.2. The van der Waals surface area contributed by atoms with E-state index in [0.29, 0.717) is 10.2 Å². The molecule has 0 bridgehead atoms. The van der Waals surface area contributed by atoms with Gasteiger partial charge in [0.25, 0.3) is 5.91 Å². The van der Waals surface area contributed by atoms with Crippen LogP contribution in [0.25, 0.3) is 6.08 Å². The summed E-state index contributed by atoms with van der Waals surface area (Å²) in [5.74, 6) is -0.953. The fourth-order valence-corrected chi connectivity index (χ4v) is 2.40. The molecule has 2 rings (SSSR count). The summed E-state index contributed by atoms with van der Waals surface area (Å²) in [6.45, 7) is -0.138. The van der Waals surface area contributed by atoms with Gasteiger partial charge in [-0.1, -0.05) is 28.1 Å². The summed E-state index contributed by atoms with van der Waals surface area (Å²) in [5, 5.41) is 2.63. The van der Waals surface area contributed by atoms with Gasteiger partial charge in [-0.15, -0.1) is 0 Å². The van der Waals surface area contributed by atoms with Crippen LogP contribution >= 0.6 is 15.9 Å². The molecule has 0 aliphatic carbocycles. The number of benzene rings is 2. The van der Waals surface area contributed by atoms with Gasteiger partial charge in [-0.2, -0.15) is 0 Å². The molecule has 0 heterocycles. The number of rotatable bonds is 7. The summed E-state index contributed by atoms with van der Waals surface area (Å²) < 4.78 is 24.2. The SMILES string of the molecule is COc1cccc(CNC(=O)COC(=O)/C=C/c2cc(Br)ccc2F)c1. The third-order valence-corrected chi connectivity index (χ3v) is 3.82. The largest absolute Gasteiger partial charge is 0.497 e. The lowest BCUT2D eigenvalue weighted by molar-refractivity contribution is -0.143. The Labute approximate surface area is 158 Å². The van der Waals surface area contributed by atoms with E-state index in [-0.39, 0.29) is 12.1 Å². The number of hydrogen-bond donors (Lipinski definition) is 1. The van der Waals surface area contributed by atoms with E-state index in [1.54, 1.807) is 25.3 Å². The van der Waals surface area contributed by atoms with E-state index in [0.717, 1.165) is 11.6 Å². The van der Waals surface area contributed by atoms with Crippen molar-refractivity contribution in [1.82, 2.24) is 5.32 Å². The average Bonchev–Trinajstić information content (AvgIpc) is 2.65. The predicted molar refractivity (Wildman–Crippen MR) is 98.9 cm³/mol. The van der Waals surface area contributed by atoms with Gasteiger partial charge in [0.2, 0.25) is 0 Å². The predicted octanol–water partition coefficient (Wildman–Crippen LogP) is 3.47. The highest BCUT2D eigenvalue weighted by Crippen LogP contribution is 2.16. The van der Waals surface area contributed by atoms with Gasteiger partial charge >= 0.3 is 5.97 Å². The van der Waals surface area contributed by atoms with E-state index in [1.165, 1.54) is 18.2 Å². The minimum absolute atomic E-state index is 0.235. The maximum absolute atomic E-state index is 13.6. The van der Waals surface area contributed by atoms with Gasteiger partial charge in [-0.3, -0.25) is 4.79 Å². The fraction of sp³-hybridized carbons (Fsp3) is 0.158. The molecule has 0 unspecified atom stereocenters. The van der Waals surface area contributed by atoms with Crippen molar-refractivity contribution in [2.75, 3.05) is 13.7 Å². The Morgan fingerprint density at radius 3 is 2.81 bits per heavy atom. The second-order valence-electron chi connectivity index (χ2n) is 5.24. The molecule has 0 aromatic heterocycles. The molecule has 0 aliphatic heterocycles. The normalized spacial score (nSPS) is 10.6. The number of ether oxygens (including phenoxy) is 2. The Hall–Kier alpha value is -2.67. The summed E-state index contributed by atoms with van der Waals surface area (Å²) in [7, 11) is 1.56. The van der Waals surface area contributed by atoms with Crippen molar-refractivity contribution in [2.24, 2.45) is 0 Å². The smallest absolute Gasteiger partial charge is 0.331 e. The number of methoxy groups -OCH3 is 1. The lowest BCUT2D eigenvalue weighted by Gasteiger charge is -2.07. The fourth-order valence-electron chi connectivity index (χ4n) is 2.02. The van der Waals surface area contributed by atoms with Crippen molar-refractivity contribution < 1.29 is 23.5 Å². The second-order valence-corrected chi connectivity index (χ2v) is 6.15. The van der Waals surface area contributed by atoms with Crippen molar-refractivity contribution in [3.8, 4) is 5.75 Å². The Kier molecular flexibility index (Phi) is 7.35. The lowest BCUT2D eigenvalue weighted by Crippen LogP contribution is -2.28. The molecule has 2 aromatic rings. The van der Waals surface area contributed by atoms with Crippen molar-refractivity contribution in [3.05, 3.63) is 70.0 Å². The molecule has 1 amide bonds. The van der Waals surface area contributed by atoms with Crippen LogP contribution in [-0.2, 0) is 20.9 Å². The molecule has 0 spiro atoms. The molecule has 7 heteroatoms. The van der Waals surface area contributed by atoms with Crippen LogP contribution in [0.15, 0.2) is 53.0 Å². The third kappa shape index (κ3) is 6.33. The maximum atomic E-state index is 13.6. The Morgan fingerprint density at radius 1 is 1.23 bits per heavy atom. The first kappa shape index (κ1) is 19.7. The first-order valence-electron chi connectivity index (χ1n) is 7.67. The molecule has 5 nitrogen and oxygen atoms in total. The molecule has 0 fully saturated rings. The third-order valence-electron chi connectivity index (χ3n) is 3.33. The van der Waals surface area contributed by atoms with Crippen LogP contribution in [0.5, 0.6) is 5.75 Å². The van der Waals surface area contributed by atoms with E-state index in [2.05, 4.69) is 21.2 Å². The quantitative estimate of drug-likeness (QED) is 0.549. The van der Waals surface area contributed by atoms with Gasteiger partial charge in [-0.25, -0.2) is 9.18 Å². The van der Waals surface area contributed by atoms with Crippen LogP contribution in [0.1, 0.15) is 11.1 Å². The van der Waals surface area contributed by atoms with Crippen molar-refractivity contribution in [3.63, 3.8) is 0 Å². The topological polar surface area (TPSA) is 64.6 Å². The first-order chi connectivity index (χ1) is 12.5. The van der Waals surface area contributed by atoms with Gasteiger partial charge < -0.3 is 14.8 Å². The van der Waals surface area contributed by atoms with Crippen LogP contribution in [-0.4, -0.2) is 25.6 Å².